The number of hydrogen-bond donors (Lipinski definition) is 1. The first-order valence-corrected chi connectivity index (χ1v) is 5.82. The lowest BCUT2D eigenvalue weighted by Crippen LogP contribution is -2.38. The van der Waals surface area contributed by atoms with Crippen molar-refractivity contribution < 1.29 is 9.72 Å². The van der Waals surface area contributed by atoms with E-state index in [1.165, 1.54) is 24.3 Å². The number of nitro groups is 1. The van der Waals surface area contributed by atoms with Crippen molar-refractivity contribution in [2.75, 3.05) is 20.1 Å². The normalized spacial score (nSPS) is 17.6. The summed E-state index contributed by atoms with van der Waals surface area (Å²) in [4.78, 5) is 23.9. The third-order valence-electron chi connectivity index (χ3n) is 3.23. The summed E-state index contributed by atoms with van der Waals surface area (Å²) in [5.74, 6) is -0.0985. The summed E-state index contributed by atoms with van der Waals surface area (Å²) >= 11 is 0. The van der Waals surface area contributed by atoms with Crippen LogP contribution in [0.25, 0.3) is 0 Å². The fraction of sp³-hybridized carbons (Fsp3) is 0.417. The van der Waals surface area contributed by atoms with Crippen LogP contribution in [0, 0.1) is 10.1 Å². The van der Waals surface area contributed by atoms with E-state index in [9.17, 15) is 14.9 Å². The number of benzene rings is 1. The average Bonchev–Trinajstić information content (AvgIpc) is 2.91. The number of non-ortho nitro benzene ring substituents is 1. The van der Waals surface area contributed by atoms with E-state index in [1.807, 2.05) is 0 Å². The van der Waals surface area contributed by atoms with Crippen molar-refractivity contribution in [3.8, 4) is 0 Å². The second-order valence-electron chi connectivity index (χ2n) is 4.37. The quantitative estimate of drug-likeness (QED) is 0.674. The van der Waals surface area contributed by atoms with Gasteiger partial charge in [-0.25, -0.2) is 0 Å². The Bertz CT molecular complexity index is 458. The van der Waals surface area contributed by atoms with Crippen molar-refractivity contribution in [3.05, 3.63) is 39.9 Å². The van der Waals surface area contributed by atoms with Gasteiger partial charge in [-0.3, -0.25) is 14.9 Å². The smallest absolute Gasteiger partial charge is 0.269 e. The minimum Gasteiger partial charge on any atom is -0.337 e. The van der Waals surface area contributed by atoms with Crippen molar-refractivity contribution in [2.45, 2.75) is 12.5 Å². The zero-order chi connectivity index (χ0) is 13.1. The SMILES string of the molecule is CN(C(=O)c1ccc([N+](=O)[O-])cc1)C1CCNC1.Cl. The average molecular weight is 286 g/mol. The predicted molar refractivity (Wildman–Crippen MR) is 73.7 cm³/mol. The molecule has 1 aliphatic rings. The van der Waals surface area contributed by atoms with Gasteiger partial charge in [-0.2, -0.15) is 0 Å². The molecule has 0 spiro atoms. The number of nitrogens with zero attached hydrogens (tertiary/aromatic N) is 2. The minimum absolute atomic E-state index is 0. The van der Waals surface area contributed by atoms with Crippen molar-refractivity contribution in [1.82, 2.24) is 10.2 Å². The highest BCUT2D eigenvalue weighted by molar-refractivity contribution is 5.94. The molecule has 2 rings (SSSR count). The number of nitro benzene ring substituents is 1. The van der Waals surface area contributed by atoms with E-state index in [0.717, 1.165) is 19.5 Å². The summed E-state index contributed by atoms with van der Waals surface area (Å²) in [5, 5.41) is 13.7. The molecule has 19 heavy (non-hydrogen) atoms. The third kappa shape index (κ3) is 3.42. The van der Waals surface area contributed by atoms with Gasteiger partial charge in [0.05, 0.1) is 4.92 Å². The van der Waals surface area contributed by atoms with Crippen LogP contribution in [-0.4, -0.2) is 41.9 Å². The van der Waals surface area contributed by atoms with Gasteiger partial charge in [-0.1, -0.05) is 0 Å². The lowest BCUT2D eigenvalue weighted by atomic mass is 10.1. The predicted octanol–water partition coefficient (Wildman–Crippen LogP) is 1.45. The Hall–Kier alpha value is -1.66. The highest BCUT2D eigenvalue weighted by Crippen LogP contribution is 2.15. The van der Waals surface area contributed by atoms with Crippen LogP contribution in [0.3, 0.4) is 0 Å². The van der Waals surface area contributed by atoms with Gasteiger partial charge in [-0.15, -0.1) is 12.4 Å². The monoisotopic (exact) mass is 285 g/mol. The van der Waals surface area contributed by atoms with Crippen LogP contribution in [-0.2, 0) is 0 Å². The third-order valence-corrected chi connectivity index (χ3v) is 3.23. The molecule has 1 amide bonds. The van der Waals surface area contributed by atoms with E-state index in [-0.39, 0.29) is 30.0 Å². The molecular weight excluding hydrogens is 270 g/mol. The maximum absolute atomic E-state index is 12.1. The number of carbonyl (C=O) groups is 1. The molecule has 1 aromatic carbocycles. The fourth-order valence-electron chi connectivity index (χ4n) is 2.07. The maximum atomic E-state index is 12.1. The zero-order valence-electron chi connectivity index (χ0n) is 10.5. The molecule has 0 bridgehead atoms. The molecule has 1 heterocycles. The number of amides is 1. The Labute approximate surface area is 117 Å². The number of halogens is 1. The molecule has 7 heteroatoms. The Morgan fingerprint density at radius 2 is 2.05 bits per heavy atom. The van der Waals surface area contributed by atoms with Gasteiger partial charge < -0.3 is 10.2 Å². The first kappa shape index (κ1) is 15.4. The molecule has 0 saturated carbocycles. The standard InChI is InChI=1S/C12H15N3O3.ClH/c1-14(11-6-7-13-8-11)12(16)9-2-4-10(5-3-9)15(17)18;/h2-5,11,13H,6-8H2,1H3;1H. The fourth-order valence-corrected chi connectivity index (χ4v) is 2.07. The van der Waals surface area contributed by atoms with Crippen molar-refractivity contribution in [3.63, 3.8) is 0 Å². The molecule has 0 radical (unpaired) electrons. The number of nitrogens with one attached hydrogen (secondary N) is 1. The van der Waals surface area contributed by atoms with Crippen LogP contribution < -0.4 is 5.32 Å². The first-order chi connectivity index (χ1) is 8.59. The van der Waals surface area contributed by atoms with E-state index >= 15 is 0 Å². The minimum atomic E-state index is -0.473. The Morgan fingerprint density at radius 1 is 1.42 bits per heavy atom. The summed E-state index contributed by atoms with van der Waals surface area (Å²) in [6, 6.07) is 5.91. The van der Waals surface area contributed by atoms with Crippen molar-refractivity contribution >= 4 is 24.0 Å². The zero-order valence-corrected chi connectivity index (χ0v) is 11.4. The van der Waals surface area contributed by atoms with Gasteiger partial charge >= 0.3 is 0 Å². The lowest BCUT2D eigenvalue weighted by molar-refractivity contribution is -0.384. The Kier molecular flexibility index (Phi) is 5.26. The molecule has 1 aromatic rings. The van der Waals surface area contributed by atoms with E-state index in [4.69, 9.17) is 0 Å². The highest BCUT2D eigenvalue weighted by atomic mass is 35.5. The molecule has 6 nitrogen and oxygen atoms in total. The van der Waals surface area contributed by atoms with E-state index in [1.54, 1.807) is 11.9 Å². The van der Waals surface area contributed by atoms with Crippen molar-refractivity contribution in [1.29, 1.82) is 0 Å². The van der Waals surface area contributed by atoms with Crippen LogP contribution >= 0.6 is 12.4 Å². The summed E-state index contributed by atoms with van der Waals surface area (Å²) in [7, 11) is 1.77. The van der Waals surface area contributed by atoms with Crippen LogP contribution in [0.1, 0.15) is 16.8 Å². The Balaban J connectivity index is 0.00000180. The van der Waals surface area contributed by atoms with Gasteiger partial charge in [0.15, 0.2) is 0 Å². The van der Waals surface area contributed by atoms with Gasteiger partial charge in [0.25, 0.3) is 11.6 Å². The van der Waals surface area contributed by atoms with Crippen LogP contribution in [0.2, 0.25) is 0 Å². The lowest BCUT2D eigenvalue weighted by Gasteiger charge is -2.23. The van der Waals surface area contributed by atoms with E-state index in [0.29, 0.717) is 5.56 Å². The topological polar surface area (TPSA) is 75.5 Å². The molecule has 0 aromatic heterocycles. The van der Waals surface area contributed by atoms with Crippen LogP contribution in [0.5, 0.6) is 0 Å². The number of hydrogen-bond acceptors (Lipinski definition) is 4. The summed E-state index contributed by atoms with van der Waals surface area (Å²) < 4.78 is 0. The molecular formula is C12H16ClN3O3. The van der Waals surface area contributed by atoms with E-state index in [2.05, 4.69) is 5.32 Å². The Morgan fingerprint density at radius 3 is 2.53 bits per heavy atom. The van der Waals surface area contributed by atoms with Gasteiger partial charge in [0.2, 0.25) is 0 Å². The van der Waals surface area contributed by atoms with Gasteiger partial charge in [0.1, 0.15) is 0 Å². The molecule has 1 fully saturated rings. The number of carbonyl (C=O) groups excluding carboxylic acids is 1. The van der Waals surface area contributed by atoms with E-state index < -0.39 is 4.92 Å². The maximum Gasteiger partial charge on any atom is 0.269 e. The number of rotatable bonds is 3. The largest absolute Gasteiger partial charge is 0.337 e. The van der Waals surface area contributed by atoms with Crippen LogP contribution in [0.15, 0.2) is 24.3 Å². The van der Waals surface area contributed by atoms with Gasteiger partial charge in [0, 0.05) is 37.3 Å². The molecule has 1 aliphatic heterocycles. The van der Waals surface area contributed by atoms with Crippen LogP contribution in [0.4, 0.5) is 5.69 Å². The second-order valence-corrected chi connectivity index (χ2v) is 4.37. The summed E-state index contributed by atoms with van der Waals surface area (Å²) in [6.45, 7) is 1.72. The second kappa shape index (κ2) is 6.49. The summed E-state index contributed by atoms with van der Waals surface area (Å²) in [6.07, 6.45) is 0.940. The van der Waals surface area contributed by atoms with Gasteiger partial charge in [-0.05, 0) is 25.1 Å². The molecule has 1 N–H and O–H groups in total. The molecule has 1 saturated heterocycles. The molecule has 1 unspecified atom stereocenters. The highest BCUT2D eigenvalue weighted by Gasteiger charge is 2.24. The summed E-state index contributed by atoms with van der Waals surface area (Å²) in [5.41, 5.74) is 0.478. The van der Waals surface area contributed by atoms with Crippen molar-refractivity contribution in [2.24, 2.45) is 0 Å². The number of likely N-dealkylation sites (N-methyl/N-ethyl adjacent to an activating group) is 1. The molecule has 1 atom stereocenters. The first-order valence-electron chi connectivity index (χ1n) is 5.82. The molecule has 104 valence electrons. The molecule has 0 aliphatic carbocycles.